The van der Waals surface area contributed by atoms with Crippen molar-refractivity contribution in [3.63, 3.8) is 0 Å². The summed E-state index contributed by atoms with van der Waals surface area (Å²) in [6.07, 6.45) is 5.26. The maximum Gasteiger partial charge on any atom is 0.312 e. The Morgan fingerprint density at radius 3 is 2.28 bits per heavy atom. The zero-order valence-corrected chi connectivity index (χ0v) is 11.7. The van der Waals surface area contributed by atoms with E-state index >= 15 is 0 Å². The summed E-state index contributed by atoms with van der Waals surface area (Å²) in [4.78, 5) is 12.3. The molecule has 0 spiro atoms. The first kappa shape index (κ1) is 12.5. The average Bonchev–Trinajstić information content (AvgIpc) is 2.61. The molecule has 0 aromatic carbocycles. The summed E-state index contributed by atoms with van der Waals surface area (Å²) in [5.74, 6) is 1.08. The highest BCUT2D eigenvalue weighted by Crippen LogP contribution is 2.63. The van der Waals surface area contributed by atoms with Gasteiger partial charge in [-0.1, -0.05) is 6.92 Å². The van der Waals surface area contributed by atoms with E-state index in [1.54, 1.807) is 0 Å². The molecular weight excluding hydrogens is 228 g/mol. The highest BCUT2D eigenvalue weighted by molar-refractivity contribution is 5.76. The van der Waals surface area contributed by atoms with Gasteiger partial charge in [-0.3, -0.25) is 4.79 Å². The second-order valence-electron chi connectivity index (χ2n) is 7.55. The summed E-state index contributed by atoms with van der Waals surface area (Å²) >= 11 is 0. The van der Waals surface area contributed by atoms with Crippen molar-refractivity contribution in [2.75, 3.05) is 0 Å². The van der Waals surface area contributed by atoms with Crippen LogP contribution in [0.2, 0.25) is 0 Å². The van der Waals surface area contributed by atoms with Gasteiger partial charge in [-0.25, -0.2) is 0 Å². The number of hydrogen-bond donors (Lipinski definition) is 1. The quantitative estimate of drug-likeness (QED) is 0.785. The van der Waals surface area contributed by atoms with Gasteiger partial charge in [0.15, 0.2) is 0 Å². The maximum absolute atomic E-state index is 12.3. The topological polar surface area (TPSA) is 46.5 Å². The molecule has 0 amide bonds. The van der Waals surface area contributed by atoms with E-state index in [2.05, 4.69) is 0 Å². The number of esters is 1. The molecule has 4 rings (SSSR count). The van der Waals surface area contributed by atoms with Crippen molar-refractivity contribution in [1.29, 1.82) is 0 Å². The molecule has 4 saturated carbocycles. The van der Waals surface area contributed by atoms with E-state index in [1.807, 2.05) is 20.8 Å². The summed E-state index contributed by atoms with van der Waals surface area (Å²) in [7, 11) is 0. The molecule has 3 nitrogen and oxygen atoms in total. The molecule has 0 aromatic rings. The highest BCUT2D eigenvalue weighted by Gasteiger charge is 2.64. The van der Waals surface area contributed by atoms with E-state index in [0.717, 1.165) is 32.1 Å². The number of carbonyl (C=O) groups is 1. The fraction of sp³-hybridized carbons (Fsp3) is 0.933. The van der Waals surface area contributed by atoms with Crippen LogP contribution < -0.4 is 0 Å². The summed E-state index contributed by atoms with van der Waals surface area (Å²) < 4.78 is 5.89. The second kappa shape index (κ2) is 3.50. The van der Waals surface area contributed by atoms with Crippen LogP contribution in [0.15, 0.2) is 0 Å². The van der Waals surface area contributed by atoms with Crippen LogP contribution in [0.25, 0.3) is 0 Å². The molecule has 102 valence electrons. The Balaban J connectivity index is 1.77. The zero-order chi connectivity index (χ0) is 13.2. The molecule has 4 fully saturated rings. The predicted octanol–water partition coefficient (Wildman–Crippen LogP) is 2.66. The van der Waals surface area contributed by atoms with Gasteiger partial charge in [0.25, 0.3) is 0 Å². The van der Waals surface area contributed by atoms with Crippen LogP contribution in [0, 0.1) is 17.3 Å². The maximum atomic E-state index is 12.3. The van der Waals surface area contributed by atoms with E-state index in [4.69, 9.17) is 4.74 Å². The number of hydrogen-bond acceptors (Lipinski definition) is 3. The Kier molecular flexibility index (Phi) is 2.42. The molecule has 18 heavy (non-hydrogen) atoms. The van der Waals surface area contributed by atoms with E-state index in [9.17, 15) is 9.90 Å². The molecule has 4 bridgehead atoms. The number of ether oxygens (including phenoxy) is 1. The molecule has 4 aliphatic carbocycles. The van der Waals surface area contributed by atoms with Crippen LogP contribution in [-0.4, -0.2) is 22.3 Å². The molecule has 4 aliphatic rings. The predicted molar refractivity (Wildman–Crippen MR) is 67.9 cm³/mol. The van der Waals surface area contributed by atoms with Gasteiger partial charge < -0.3 is 9.84 Å². The van der Waals surface area contributed by atoms with Crippen molar-refractivity contribution in [3.8, 4) is 0 Å². The van der Waals surface area contributed by atoms with Crippen LogP contribution in [0.3, 0.4) is 0 Å². The van der Waals surface area contributed by atoms with Gasteiger partial charge in [-0.15, -0.1) is 0 Å². The van der Waals surface area contributed by atoms with Crippen molar-refractivity contribution < 1.29 is 14.6 Å². The van der Waals surface area contributed by atoms with Crippen molar-refractivity contribution in [3.05, 3.63) is 0 Å². The molecule has 0 heterocycles. The monoisotopic (exact) mass is 252 g/mol. The fourth-order valence-electron chi connectivity index (χ4n) is 4.40. The molecule has 0 aliphatic heterocycles. The summed E-state index contributed by atoms with van der Waals surface area (Å²) in [6, 6.07) is 0. The van der Waals surface area contributed by atoms with Crippen LogP contribution in [0.1, 0.15) is 59.3 Å². The average molecular weight is 252 g/mol. The normalized spacial score (nSPS) is 45.6. The van der Waals surface area contributed by atoms with E-state index < -0.39 is 11.0 Å². The van der Waals surface area contributed by atoms with Gasteiger partial charge in [-0.05, 0) is 57.8 Å². The number of rotatable bonds is 3. The Morgan fingerprint density at radius 2 is 1.83 bits per heavy atom. The zero-order valence-electron chi connectivity index (χ0n) is 11.7. The molecular formula is C15H24O3. The van der Waals surface area contributed by atoms with Crippen molar-refractivity contribution in [2.24, 2.45) is 17.3 Å². The third-order valence-electron chi connectivity index (χ3n) is 5.62. The van der Waals surface area contributed by atoms with Crippen LogP contribution in [0.5, 0.6) is 0 Å². The van der Waals surface area contributed by atoms with E-state index in [1.165, 1.54) is 0 Å². The van der Waals surface area contributed by atoms with Gasteiger partial charge >= 0.3 is 5.97 Å². The van der Waals surface area contributed by atoms with Crippen molar-refractivity contribution in [2.45, 2.75) is 70.5 Å². The second-order valence-corrected chi connectivity index (χ2v) is 7.55. The van der Waals surface area contributed by atoms with Crippen LogP contribution in [-0.2, 0) is 9.53 Å². The molecule has 3 heteroatoms. The van der Waals surface area contributed by atoms with Gasteiger partial charge in [0, 0.05) is 6.42 Å². The first-order valence-corrected chi connectivity index (χ1v) is 7.23. The third-order valence-corrected chi connectivity index (χ3v) is 5.62. The number of carbonyl (C=O) groups excluding carboxylic acids is 1. The highest BCUT2D eigenvalue weighted by atomic mass is 16.6. The van der Waals surface area contributed by atoms with Crippen molar-refractivity contribution >= 4 is 5.97 Å². The smallest absolute Gasteiger partial charge is 0.312 e. The van der Waals surface area contributed by atoms with E-state index in [-0.39, 0.29) is 11.6 Å². The third kappa shape index (κ3) is 1.70. The minimum Gasteiger partial charge on any atom is -0.459 e. The molecule has 0 aromatic heterocycles. The lowest BCUT2D eigenvalue weighted by Gasteiger charge is -2.43. The van der Waals surface area contributed by atoms with Gasteiger partial charge in [0.2, 0.25) is 0 Å². The first-order chi connectivity index (χ1) is 8.28. The standard InChI is InChI=1S/C15H24O3/c1-4-13(2,3)12(16)18-15-7-10-5-14(17,9-15)6-11(10)8-15/h10-11,17H,4-9H2,1-3H3. The molecule has 0 saturated heterocycles. The summed E-state index contributed by atoms with van der Waals surface area (Å²) in [5, 5.41) is 10.5. The van der Waals surface area contributed by atoms with Crippen molar-refractivity contribution in [1.82, 2.24) is 0 Å². The summed E-state index contributed by atoms with van der Waals surface area (Å²) in [5.41, 5.74) is -1.29. The largest absolute Gasteiger partial charge is 0.459 e. The van der Waals surface area contributed by atoms with E-state index in [0.29, 0.717) is 18.3 Å². The van der Waals surface area contributed by atoms with Gasteiger partial charge in [0.05, 0.1) is 11.0 Å². The van der Waals surface area contributed by atoms with Crippen LogP contribution in [0.4, 0.5) is 0 Å². The van der Waals surface area contributed by atoms with Gasteiger partial charge in [-0.2, -0.15) is 0 Å². The first-order valence-electron chi connectivity index (χ1n) is 7.23. The molecule has 1 N–H and O–H groups in total. The summed E-state index contributed by atoms with van der Waals surface area (Å²) in [6.45, 7) is 5.90. The van der Waals surface area contributed by atoms with Crippen LogP contribution >= 0.6 is 0 Å². The Morgan fingerprint density at radius 1 is 1.28 bits per heavy atom. The molecule has 2 atom stereocenters. The Hall–Kier alpha value is -0.570. The lowest BCUT2D eigenvalue weighted by Crippen LogP contribution is -2.48. The molecule has 0 radical (unpaired) electrons. The SMILES string of the molecule is CCC(C)(C)C(=O)OC12CC3CC(O)(CC3C1)C2. The minimum absolute atomic E-state index is 0.0875. The number of aliphatic hydroxyl groups is 1. The van der Waals surface area contributed by atoms with Gasteiger partial charge in [0.1, 0.15) is 5.60 Å². The lowest BCUT2D eigenvalue weighted by molar-refractivity contribution is -0.184. The Bertz CT molecular complexity index is 371. The lowest BCUT2D eigenvalue weighted by atomic mass is 9.75. The minimum atomic E-state index is -0.539. The molecule has 2 unspecified atom stereocenters. The Labute approximate surface area is 109 Å². The fourth-order valence-corrected chi connectivity index (χ4v) is 4.40.